The largest absolute Gasteiger partial charge is 0.493 e. The number of carbonyl (C=O) groups excluding carboxylic acids is 1. The Kier molecular flexibility index (Phi) is 7.07. The average Bonchev–Trinajstić information content (AvgIpc) is 2.67. The van der Waals surface area contributed by atoms with Crippen molar-refractivity contribution in [2.45, 2.75) is 6.04 Å². The molecule has 146 valence electrons. The molecule has 2 rings (SSSR count). The van der Waals surface area contributed by atoms with E-state index in [1.54, 1.807) is 32.4 Å². The van der Waals surface area contributed by atoms with Crippen LogP contribution in [0.25, 0.3) is 0 Å². The van der Waals surface area contributed by atoms with Gasteiger partial charge in [-0.1, -0.05) is 12.1 Å². The first-order valence-electron chi connectivity index (χ1n) is 8.95. The van der Waals surface area contributed by atoms with Gasteiger partial charge in [0.05, 0.1) is 34.9 Å². The van der Waals surface area contributed by atoms with Crippen LogP contribution < -0.4 is 24.6 Å². The van der Waals surface area contributed by atoms with Crippen LogP contribution in [-0.2, 0) is 0 Å². The number of nitrogens with one attached hydrogen (secondary N) is 2. The van der Waals surface area contributed by atoms with Gasteiger partial charge in [-0.05, 0) is 30.3 Å². The van der Waals surface area contributed by atoms with Crippen LogP contribution in [0.2, 0.25) is 0 Å². The number of hydrogen-bond acceptors (Lipinski definition) is 4. The van der Waals surface area contributed by atoms with Gasteiger partial charge in [-0.25, -0.2) is 0 Å². The summed E-state index contributed by atoms with van der Waals surface area (Å²) < 4.78 is 10.5. The van der Waals surface area contributed by atoms with Crippen LogP contribution in [0, 0.1) is 0 Å². The lowest BCUT2D eigenvalue weighted by Gasteiger charge is -2.23. The van der Waals surface area contributed by atoms with Crippen LogP contribution in [-0.4, -0.2) is 54.9 Å². The molecule has 6 heteroatoms. The summed E-state index contributed by atoms with van der Waals surface area (Å²) in [4.78, 5) is 15.9. The van der Waals surface area contributed by atoms with Crippen molar-refractivity contribution >= 4 is 11.6 Å². The Hall–Kier alpha value is -2.73. The van der Waals surface area contributed by atoms with E-state index in [4.69, 9.17) is 9.47 Å². The molecule has 0 unspecified atom stereocenters. The first kappa shape index (κ1) is 20.6. The van der Waals surface area contributed by atoms with Gasteiger partial charge in [0.1, 0.15) is 6.04 Å². The second-order valence-electron chi connectivity index (χ2n) is 6.90. The minimum Gasteiger partial charge on any atom is -0.493 e. The Balaban J connectivity index is 2.10. The normalized spacial score (nSPS) is 11.8. The number of ether oxygens (including phenoxy) is 2. The Morgan fingerprint density at radius 3 is 2.19 bits per heavy atom. The van der Waals surface area contributed by atoms with E-state index in [-0.39, 0.29) is 11.9 Å². The van der Waals surface area contributed by atoms with Gasteiger partial charge in [0.25, 0.3) is 5.91 Å². The zero-order chi connectivity index (χ0) is 20.0. The summed E-state index contributed by atoms with van der Waals surface area (Å²) in [6.07, 6.45) is 0. The number of quaternary nitrogens is 1. The first-order chi connectivity index (χ1) is 12.9. The van der Waals surface area contributed by atoms with Crippen molar-refractivity contribution in [3.8, 4) is 11.5 Å². The summed E-state index contributed by atoms with van der Waals surface area (Å²) in [5.74, 6) is 1.01. The molecule has 6 nitrogen and oxygen atoms in total. The van der Waals surface area contributed by atoms with Crippen LogP contribution in [0.1, 0.15) is 22.0 Å². The van der Waals surface area contributed by atoms with E-state index < -0.39 is 0 Å². The summed E-state index contributed by atoms with van der Waals surface area (Å²) >= 11 is 0. The summed E-state index contributed by atoms with van der Waals surface area (Å²) in [5.41, 5.74) is 2.89. The Labute approximate surface area is 161 Å². The maximum Gasteiger partial charge on any atom is 0.251 e. The number of carbonyl (C=O) groups is 1. The third-order valence-corrected chi connectivity index (χ3v) is 4.62. The van der Waals surface area contributed by atoms with Gasteiger partial charge in [0.15, 0.2) is 11.5 Å². The highest BCUT2D eigenvalue weighted by Crippen LogP contribution is 2.27. The molecule has 0 aliphatic carbocycles. The van der Waals surface area contributed by atoms with E-state index in [1.807, 2.05) is 14.1 Å². The maximum absolute atomic E-state index is 12.6. The number of anilines is 1. The molecule has 2 N–H and O–H groups in total. The predicted octanol–water partition coefficient (Wildman–Crippen LogP) is 1.39. The lowest BCUT2D eigenvalue weighted by molar-refractivity contribution is -0.890. The van der Waals surface area contributed by atoms with E-state index in [2.05, 4.69) is 48.6 Å². The molecule has 0 aliphatic heterocycles. The summed E-state index contributed by atoms with van der Waals surface area (Å²) in [6.45, 7) is 0.539. The van der Waals surface area contributed by atoms with Gasteiger partial charge in [-0.3, -0.25) is 4.79 Å². The molecule has 1 atom stereocenters. The number of benzene rings is 2. The number of rotatable bonds is 8. The standard InChI is InChI=1S/C21H29N3O3/c1-23(2)17-10-7-15(8-11-17)18(24(3)4)14-22-21(25)16-9-12-19(26-5)20(13-16)27-6/h7-13,18H,14H2,1-6H3,(H,22,25)/p+1/t18-/m0/s1. The number of likely N-dealkylation sites (N-methyl/N-ethyl adjacent to an activating group) is 1. The van der Waals surface area contributed by atoms with Gasteiger partial charge >= 0.3 is 0 Å². The minimum absolute atomic E-state index is 0.132. The van der Waals surface area contributed by atoms with E-state index >= 15 is 0 Å². The third-order valence-electron chi connectivity index (χ3n) is 4.62. The lowest BCUT2D eigenvalue weighted by atomic mass is 10.0. The van der Waals surface area contributed by atoms with Crippen molar-refractivity contribution in [1.82, 2.24) is 5.32 Å². The molecular weight excluding hydrogens is 342 g/mol. The summed E-state index contributed by atoms with van der Waals surface area (Å²) in [6, 6.07) is 13.8. The first-order valence-corrected chi connectivity index (χ1v) is 8.95. The maximum atomic E-state index is 12.6. The van der Waals surface area contributed by atoms with Crippen molar-refractivity contribution < 1.29 is 19.2 Å². The fraction of sp³-hybridized carbons (Fsp3) is 0.381. The number of hydrogen-bond donors (Lipinski definition) is 2. The van der Waals surface area contributed by atoms with Crippen LogP contribution in [0.15, 0.2) is 42.5 Å². The Bertz CT molecular complexity index is 758. The van der Waals surface area contributed by atoms with Gasteiger partial charge < -0.3 is 24.6 Å². The quantitative estimate of drug-likeness (QED) is 0.735. The fourth-order valence-corrected chi connectivity index (χ4v) is 2.93. The predicted molar refractivity (Wildman–Crippen MR) is 108 cm³/mol. The smallest absolute Gasteiger partial charge is 0.251 e. The molecule has 0 saturated carbocycles. The van der Waals surface area contributed by atoms with Crippen LogP contribution in [0.5, 0.6) is 11.5 Å². The molecule has 2 aromatic rings. The number of amides is 1. The molecule has 1 amide bonds. The van der Waals surface area contributed by atoms with Crippen molar-refractivity contribution in [2.75, 3.05) is 53.9 Å². The molecule has 2 aromatic carbocycles. The molecule has 0 spiro atoms. The molecule has 0 fully saturated rings. The highest BCUT2D eigenvalue weighted by Gasteiger charge is 2.20. The van der Waals surface area contributed by atoms with Crippen molar-refractivity contribution in [3.05, 3.63) is 53.6 Å². The molecule has 0 saturated heterocycles. The van der Waals surface area contributed by atoms with Gasteiger partial charge in [-0.2, -0.15) is 0 Å². The summed E-state index contributed by atoms with van der Waals surface area (Å²) in [7, 11) is 11.4. The Morgan fingerprint density at radius 2 is 1.67 bits per heavy atom. The summed E-state index contributed by atoms with van der Waals surface area (Å²) in [5, 5.41) is 3.04. The fourth-order valence-electron chi connectivity index (χ4n) is 2.93. The zero-order valence-corrected chi connectivity index (χ0v) is 17.0. The minimum atomic E-state index is -0.132. The highest BCUT2D eigenvalue weighted by atomic mass is 16.5. The number of methoxy groups -OCH3 is 2. The molecular formula is C21H30N3O3+. The second-order valence-corrected chi connectivity index (χ2v) is 6.90. The Morgan fingerprint density at radius 1 is 1.04 bits per heavy atom. The lowest BCUT2D eigenvalue weighted by Crippen LogP contribution is -3.07. The average molecular weight is 372 g/mol. The SMILES string of the molecule is COc1ccc(C(=O)NC[C@@H](c2ccc(N(C)C)cc2)[NH+](C)C)cc1OC. The molecule has 0 heterocycles. The van der Waals surface area contributed by atoms with Crippen molar-refractivity contribution in [2.24, 2.45) is 0 Å². The van der Waals surface area contributed by atoms with E-state index in [0.717, 1.165) is 5.69 Å². The monoisotopic (exact) mass is 372 g/mol. The van der Waals surface area contributed by atoms with Crippen LogP contribution in [0.4, 0.5) is 5.69 Å². The third kappa shape index (κ3) is 5.14. The molecule has 0 radical (unpaired) electrons. The highest BCUT2D eigenvalue weighted by molar-refractivity contribution is 5.94. The van der Waals surface area contributed by atoms with E-state index in [9.17, 15) is 4.79 Å². The van der Waals surface area contributed by atoms with E-state index in [1.165, 1.54) is 10.5 Å². The molecule has 27 heavy (non-hydrogen) atoms. The number of nitrogens with zero attached hydrogens (tertiary/aromatic N) is 1. The van der Waals surface area contributed by atoms with Crippen LogP contribution in [0.3, 0.4) is 0 Å². The van der Waals surface area contributed by atoms with Gasteiger partial charge in [-0.15, -0.1) is 0 Å². The topological polar surface area (TPSA) is 55.2 Å². The van der Waals surface area contributed by atoms with Crippen molar-refractivity contribution in [3.63, 3.8) is 0 Å². The van der Waals surface area contributed by atoms with E-state index in [0.29, 0.717) is 23.6 Å². The second kappa shape index (κ2) is 9.28. The zero-order valence-electron chi connectivity index (χ0n) is 17.0. The van der Waals surface area contributed by atoms with Crippen molar-refractivity contribution in [1.29, 1.82) is 0 Å². The van der Waals surface area contributed by atoms with Crippen LogP contribution >= 0.6 is 0 Å². The van der Waals surface area contributed by atoms with Gasteiger partial charge in [0.2, 0.25) is 0 Å². The molecule has 0 aromatic heterocycles. The van der Waals surface area contributed by atoms with Gasteiger partial charge in [0, 0.05) is 30.9 Å². The molecule has 0 bridgehead atoms. The molecule has 0 aliphatic rings.